The summed E-state index contributed by atoms with van der Waals surface area (Å²) in [5.74, 6) is -0.322. The van der Waals surface area contributed by atoms with Crippen LogP contribution in [0, 0.1) is 0 Å². The second-order valence-corrected chi connectivity index (χ2v) is 15.7. The minimum Gasteiger partial charge on any atom is -0.394 e. The fourth-order valence-corrected chi connectivity index (χ4v) is 7.00. The molecule has 51 heavy (non-hydrogen) atoms. The number of aliphatic hydroxyl groups excluding tert-OH is 3. The van der Waals surface area contributed by atoms with Crippen molar-refractivity contribution in [1.82, 2.24) is 5.32 Å². The molecule has 5 heteroatoms. The molecule has 0 aliphatic heterocycles. The highest BCUT2D eigenvalue weighted by Gasteiger charge is 2.20. The predicted octanol–water partition coefficient (Wildman–Crippen LogP) is 13.0. The second kappa shape index (κ2) is 41.6. The predicted molar refractivity (Wildman–Crippen MR) is 222 cm³/mol. The summed E-state index contributed by atoms with van der Waals surface area (Å²) < 4.78 is 0. The summed E-state index contributed by atoms with van der Waals surface area (Å²) in [5, 5.41) is 33.2. The summed E-state index contributed by atoms with van der Waals surface area (Å²) in [6.07, 6.45) is 50.4. The van der Waals surface area contributed by atoms with Gasteiger partial charge in [0, 0.05) is 0 Å². The van der Waals surface area contributed by atoms with E-state index in [2.05, 4.69) is 31.3 Å². The Hall–Kier alpha value is -1.17. The van der Waals surface area contributed by atoms with Crippen LogP contribution in [0.15, 0.2) is 24.3 Å². The number of rotatable bonds is 41. The molecular formula is C46H89NO4. The zero-order valence-corrected chi connectivity index (χ0v) is 34.2. The van der Waals surface area contributed by atoms with Crippen LogP contribution in [0.5, 0.6) is 0 Å². The van der Waals surface area contributed by atoms with Crippen LogP contribution in [0.25, 0.3) is 0 Å². The van der Waals surface area contributed by atoms with Gasteiger partial charge in [-0.1, -0.05) is 224 Å². The Bertz CT molecular complexity index is 754. The third-order valence-corrected chi connectivity index (χ3v) is 10.5. The number of hydrogen-bond acceptors (Lipinski definition) is 4. The fourth-order valence-electron chi connectivity index (χ4n) is 7.00. The molecule has 3 atom stereocenters. The largest absolute Gasteiger partial charge is 0.394 e. The van der Waals surface area contributed by atoms with Crippen LogP contribution in [-0.2, 0) is 4.79 Å². The molecule has 4 N–H and O–H groups in total. The molecule has 0 radical (unpaired) electrons. The molecule has 0 rings (SSSR count). The molecule has 0 heterocycles. The van der Waals surface area contributed by atoms with E-state index in [4.69, 9.17) is 0 Å². The van der Waals surface area contributed by atoms with Gasteiger partial charge in [0.15, 0.2) is 0 Å². The van der Waals surface area contributed by atoms with Gasteiger partial charge in [0.05, 0.1) is 31.3 Å². The number of carbonyl (C=O) groups excluding carboxylic acids is 1. The monoisotopic (exact) mass is 720 g/mol. The van der Waals surface area contributed by atoms with Crippen molar-refractivity contribution in [3.05, 3.63) is 24.3 Å². The van der Waals surface area contributed by atoms with Gasteiger partial charge in [0.1, 0.15) is 0 Å². The molecule has 0 aliphatic rings. The maximum Gasteiger partial charge on any atom is 0.222 e. The zero-order chi connectivity index (χ0) is 37.3. The Labute approximate surface area is 318 Å². The number of unbranched alkanes of at least 4 members (excludes halogenated alkanes) is 30. The molecule has 0 aromatic carbocycles. The zero-order valence-electron chi connectivity index (χ0n) is 34.2. The Morgan fingerprint density at radius 3 is 1.25 bits per heavy atom. The Morgan fingerprint density at radius 1 is 0.490 bits per heavy atom. The highest BCUT2D eigenvalue weighted by Crippen LogP contribution is 2.16. The number of hydrogen-bond donors (Lipinski definition) is 4. The molecule has 0 fully saturated rings. The standard InChI is InChI=1S/C46H89NO4/c1-3-5-7-9-11-13-15-17-19-21-22-24-26-28-30-32-34-36-38-40-45(50)44(42-48)47-46(51)41-43(49)39-37-35-33-31-29-27-25-23-20-18-16-14-12-10-8-6-4-2/h30,32,38,40,43-45,48-50H,3-29,31,33-37,39,41-42H2,1-2H3,(H,47,51)/b32-30+,40-38+. The first kappa shape index (κ1) is 49.8. The van der Waals surface area contributed by atoms with E-state index in [1.165, 1.54) is 180 Å². The van der Waals surface area contributed by atoms with Crippen molar-refractivity contribution in [2.75, 3.05) is 6.61 Å². The van der Waals surface area contributed by atoms with Crippen molar-refractivity contribution in [1.29, 1.82) is 0 Å². The molecule has 0 spiro atoms. The lowest BCUT2D eigenvalue weighted by Gasteiger charge is -2.21. The lowest BCUT2D eigenvalue weighted by molar-refractivity contribution is -0.124. The van der Waals surface area contributed by atoms with Gasteiger partial charge in [-0.15, -0.1) is 0 Å². The minimum absolute atomic E-state index is 0.00976. The first-order valence-electron chi connectivity index (χ1n) is 22.6. The molecule has 0 saturated carbocycles. The molecule has 0 aliphatic carbocycles. The van der Waals surface area contributed by atoms with Crippen LogP contribution >= 0.6 is 0 Å². The van der Waals surface area contributed by atoms with Crippen molar-refractivity contribution in [2.45, 2.75) is 257 Å². The summed E-state index contributed by atoms with van der Waals surface area (Å²) in [6.45, 7) is 4.22. The summed E-state index contributed by atoms with van der Waals surface area (Å²) in [4.78, 5) is 12.4. The van der Waals surface area contributed by atoms with Gasteiger partial charge in [-0.25, -0.2) is 0 Å². The number of amides is 1. The Balaban J connectivity index is 3.68. The van der Waals surface area contributed by atoms with Crippen LogP contribution < -0.4 is 5.32 Å². The molecule has 0 aromatic rings. The third kappa shape index (κ3) is 38.4. The van der Waals surface area contributed by atoms with E-state index in [1.807, 2.05) is 6.08 Å². The Morgan fingerprint density at radius 2 is 0.843 bits per heavy atom. The fraction of sp³-hybridized carbons (Fsp3) is 0.891. The maximum absolute atomic E-state index is 12.4. The van der Waals surface area contributed by atoms with Gasteiger partial charge < -0.3 is 20.6 Å². The Kier molecular flexibility index (Phi) is 40.6. The highest BCUT2D eigenvalue weighted by atomic mass is 16.3. The van der Waals surface area contributed by atoms with Crippen LogP contribution in [-0.4, -0.2) is 46.1 Å². The van der Waals surface area contributed by atoms with Gasteiger partial charge in [0.2, 0.25) is 5.91 Å². The molecule has 1 amide bonds. The lowest BCUT2D eigenvalue weighted by Crippen LogP contribution is -2.45. The van der Waals surface area contributed by atoms with Gasteiger partial charge in [-0.3, -0.25) is 4.79 Å². The SMILES string of the molecule is CCCCCCCCCCCCCCC/C=C/CC/C=C/C(O)C(CO)NC(=O)CC(O)CCCCCCCCCCCCCCCCCCC. The van der Waals surface area contributed by atoms with E-state index in [0.717, 1.165) is 32.1 Å². The van der Waals surface area contributed by atoms with Crippen molar-refractivity contribution in [3.63, 3.8) is 0 Å². The van der Waals surface area contributed by atoms with Gasteiger partial charge in [-0.2, -0.15) is 0 Å². The number of nitrogens with one attached hydrogen (secondary N) is 1. The van der Waals surface area contributed by atoms with Crippen molar-refractivity contribution >= 4 is 5.91 Å². The van der Waals surface area contributed by atoms with E-state index >= 15 is 0 Å². The van der Waals surface area contributed by atoms with Gasteiger partial charge in [0.25, 0.3) is 0 Å². The number of carbonyl (C=O) groups is 1. The maximum atomic E-state index is 12.4. The average Bonchev–Trinajstić information content (AvgIpc) is 3.12. The average molecular weight is 720 g/mol. The minimum atomic E-state index is -0.948. The topological polar surface area (TPSA) is 89.8 Å². The quantitative estimate of drug-likeness (QED) is 0.0374. The molecular weight excluding hydrogens is 631 g/mol. The van der Waals surface area contributed by atoms with Crippen LogP contribution in [0.4, 0.5) is 0 Å². The molecule has 0 bridgehead atoms. The van der Waals surface area contributed by atoms with Crippen LogP contribution in [0.3, 0.4) is 0 Å². The molecule has 0 saturated heterocycles. The van der Waals surface area contributed by atoms with Crippen molar-refractivity contribution in [3.8, 4) is 0 Å². The summed E-state index contributed by atoms with van der Waals surface area (Å²) in [6, 6.07) is -0.757. The van der Waals surface area contributed by atoms with Crippen molar-refractivity contribution in [2.24, 2.45) is 0 Å². The molecule has 0 aromatic heterocycles. The summed E-state index contributed by atoms with van der Waals surface area (Å²) in [7, 11) is 0. The summed E-state index contributed by atoms with van der Waals surface area (Å²) in [5.41, 5.74) is 0. The van der Waals surface area contributed by atoms with Gasteiger partial charge in [-0.05, 0) is 32.1 Å². The van der Waals surface area contributed by atoms with Crippen LogP contribution in [0.1, 0.15) is 239 Å². The lowest BCUT2D eigenvalue weighted by atomic mass is 10.0. The van der Waals surface area contributed by atoms with E-state index in [-0.39, 0.29) is 18.9 Å². The van der Waals surface area contributed by atoms with E-state index in [9.17, 15) is 20.1 Å². The molecule has 3 unspecified atom stereocenters. The van der Waals surface area contributed by atoms with Gasteiger partial charge >= 0.3 is 0 Å². The molecule has 5 nitrogen and oxygen atoms in total. The normalized spacial score (nSPS) is 13.7. The third-order valence-electron chi connectivity index (χ3n) is 10.5. The smallest absolute Gasteiger partial charge is 0.222 e. The van der Waals surface area contributed by atoms with E-state index in [1.54, 1.807) is 6.08 Å². The number of allylic oxidation sites excluding steroid dienone is 3. The first-order chi connectivity index (χ1) is 25.0. The summed E-state index contributed by atoms with van der Waals surface area (Å²) >= 11 is 0. The first-order valence-corrected chi connectivity index (χ1v) is 22.6. The molecule has 302 valence electrons. The van der Waals surface area contributed by atoms with Crippen LogP contribution in [0.2, 0.25) is 0 Å². The number of aliphatic hydroxyl groups is 3. The highest BCUT2D eigenvalue weighted by molar-refractivity contribution is 5.76. The van der Waals surface area contributed by atoms with E-state index in [0.29, 0.717) is 6.42 Å². The van der Waals surface area contributed by atoms with Crippen molar-refractivity contribution < 1.29 is 20.1 Å². The second-order valence-electron chi connectivity index (χ2n) is 15.7. The van der Waals surface area contributed by atoms with E-state index < -0.39 is 18.2 Å².